The van der Waals surface area contributed by atoms with Gasteiger partial charge in [-0.2, -0.15) is 0 Å². The van der Waals surface area contributed by atoms with Gasteiger partial charge in [0, 0.05) is 38.8 Å². The highest BCUT2D eigenvalue weighted by Crippen LogP contribution is 2.26. The number of rotatable bonds is 7. The van der Waals surface area contributed by atoms with E-state index in [2.05, 4.69) is 101 Å². The first-order valence-electron chi connectivity index (χ1n) is 10.5. The summed E-state index contributed by atoms with van der Waals surface area (Å²) in [4.78, 5) is 5.30. The monoisotopic (exact) mass is 370 g/mol. The first-order valence-corrected chi connectivity index (χ1v) is 10.5. The lowest BCUT2D eigenvalue weighted by Gasteiger charge is -2.39. The Morgan fingerprint density at radius 1 is 0.607 bits per heavy atom. The van der Waals surface area contributed by atoms with Crippen molar-refractivity contribution in [2.45, 2.75) is 18.9 Å². The van der Waals surface area contributed by atoms with E-state index >= 15 is 0 Å². The van der Waals surface area contributed by atoms with Crippen LogP contribution in [-0.4, -0.2) is 42.5 Å². The molecule has 0 spiro atoms. The second kappa shape index (κ2) is 9.68. The van der Waals surface area contributed by atoms with Crippen molar-refractivity contribution in [1.29, 1.82) is 0 Å². The van der Waals surface area contributed by atoms with Gasteiger partial charge in [0.15, 0.2) is 0 Å². The first kappa shape index (κ1) is 18.9. The molecule has 2 heteroatoms. The lowest BCUT2D eigenvalue weighted by Crippen LogP contribution is -2.48. The second-order valence-corrected chi connectivity index (χ2v) is 7.73. The predicted octanol–water partition coefficient (Wildman–Crippen LogP) is 4.83. The number of benzene rings is 3. The van der Waals surface area contributed by atoms with Crippen LogP contribution in [0.3, 0.4) is 0 Å². The number of hydrogen-bond acceptors (Lipinski definition) is 2. The fourth-order valence-corrected chi connectivity index (χ4v) is 4.20. The van der Waals surface area contributed by atoms with Crippen LogP contribution in [-0.2, 0) is 12.8 Å². The predicted molar refractivity (Wildman–Crippen MR) is 117 cm³/mol. The van der Waals surface area contributed by atoms with Gasteiger partial charge in [-0.25, -0.2) is 0 Å². The van der Waals surface area contributed by atoms with Gasteiger partial charge in [-0.3, -0.25) is 4.90 Å². The summed E-state index contributed by atoms with van der Waals surface area (Å²) in [5.74, 6) is 0. The van der Waals surface area contributed by atoms with Crippen LogP contribution in [0, 0.1) is 0 Å². The SMILES string of the molecule is c1ccc(CCN2CCN([C@H](Cc3ccccc3)c3ccccc3)CC2)cc1. The fraction of sp³-hybridized carbons (Fsp3) is 0.308. The maximum absolute atomic E-state index is 2.68. The van der Waals surface area contributed by atoms with E-state index in [-0.39, 0.29) is 0 Å². The maximum Gasteiger partial charge on any atom is 0.0389 e. The van der Waals surface area contributed by atoms with E-state index < -0.39 is 0 Å². The topological polar surface area (TPSA) is 6.48 Å². The Hall–Kier alpha value is -2.42. The largest absolute Gasteiger partial charge is 0.300 e. The highest BCUT2D eigenvalue weighted by molar-refractivity contribution is 5.24. The molecule has 3 aromatic carbocycles. The third kappa shape index (κ3) is 5.09. The third-order valence-electron chi connectivity index (χ3n) is 5.86. The molecule has 0 radical (unpaired) electrons. The molecule has 1 aliphatic heterocycles. The smallest absolute Gasteiger partial charge is 0.0389 e. The third-order valence-corrected chi connectivity index (χ3v) is 5.86. The van der Waals surface area contributed by atoms with Gasteiger partial charge in [0.05, 0.1) is 0 Å². The zero-order valence-corrected chi connectivity index (χ0v) is 16.6. The minimum atomic E-state index is 0.458. The summed E-state index contributed by atoms with van der Waals surface area (Å²) < 4.78 is 0. The standard InChI is InChI=1S/C26H30N2/c1-4-10-23(11-5-1)16-17-27-18-20-28(21-19-27)26(25-14-8-3-9-15-25)22-24-12-6-2-7-13-24/h1-15,26H,16-22H2/t26-/m1/s1. The lowest BCUT2D eigenvalue weighted by molar-refractivity contribution is 0.0961. The molecule has 0 aliphatic carbocycles. The molecular weight excluding hydrogens is 340 g/mol. The zero-order valence-electron chi connectivity index (χ0n) is 16.6. The van der Waals surface area contributed by atoms with Gasteiger partial charge >= 0.3 is 0 Å². The van der Waals surface area contributed by atoms with Crippen molar-refractivity contribution in [3.63, 3.8) is 0 Å². The molecule has 0 amide bonds. The van der Waals surface area contributed by atoms with E-state index in [1.165, 1.54) is 16.7 Å². The molecule has 28 heavy (non-hydrogen) atoms. The summed E-state index contributed by atoms with van der Waals surface area (Å²) in [6, 6.07) is 33.3. The van der Waals surface area contributed by atoms with Crippen LogP contribution in [0.1, 0.15) is 22.7 Å². The van der Waals surface area contributed by atoms with Crippen LogP contribution in [0.25, 0.3) is 0 Å². The average Bonchev–Trinajstić information content (AvgIpc) is 2.78. The second-order valence-electron chi connectivity index (χ2n) is 7.73. The quantitative estimate of drug-likeness (QED) is 0.588. The highest BCUT2D eigenvalue weighted by atomic mass is 15.3. The molecule has 144 valence electrons. The normalized spacial score (nSPS) is 16.7. The molecule has 0 saturated carbocycles. The Morgan fingerprint density at radius 3 is 1.75 bits per heavy atom. The van der Waals surface area contributed by atoms with Gasteiger partial charge in [-0.15, -0.1) is 0 Å². The van der Waals surface area contributed by atoms with Crippen LogP contribution in [0.15, 0.2) is 91.0 Å². The molecule has 1 fully saturated rings. The van der Waals surface area contributed by atoms with Crippen molar-refractivity contribution < 1.29 is 0 Å². The summed E-state index contributed by atoms with van der Waals surface area (Å²) in [6.45, 7) is 5.75. The maximum atomic E-state index is 2.68. The number of hydrogen-bond donors (Lipinski definition) is 0. The van der Waals surface area contributed by atoms with Crippen molar-refractivity contribution in [2.75, 3.05) is 32.7 Å². The Labute approximate surface area is 169 Å². The van der Waals surface area contributed by atoms with Crippen molar-refractivity contribution in [1.82, 2.24) is 9.80 Å². The lowest BCUT2D eigenvalue weighted by atomic mass is 9.96. The van der Waals surface area contributed by atoms with Gasteiger partial charge in [-0.1, -0.05) is 91.0 Å². The molecule has 1 saturated heterocycles. The summed E-state index contributed by atoms with van der Waals surface area (Å²) in [7, 11) is 0. The Morgan fingerprint density at radius 2 is 1.14 bits per heavy atom. The van der Waals surface area contributed by atoms with E-state index in [1.54, 1.807) is 0 Å². The molecule has 4 rings (SSSR count). The summed E-state index contributed by atoms with van der Waals surface area (Å²) in [5.41, 5.74) is 4.29. The first-order chi connectivity index (χ1) is 13.9. The molecule has 1 aliphatic rings. The van der Waals surface area contributed by atoms with Gasteiger partial charge in [0.1, 0.15) is 0 Å². The summed E-state index contributed by atoms with van der Waals surface area (Å²) >= 11 is 0. The molecule has 0 unspecified atom stereocenters. The van der Waals surface area contributed by atoms with E-state index in [4.69, 9.17) is 0 Å². The van der Waals surface area contributed by atoms with Crippen molar-refractivity contribution in [2.24, 2.45) is 0 Å². The van der Waals surface area contributed by atoms with Crippen LogP contribution in [0.5, 0.6) is 0 Å². The summed E-state index contributed by atoms with van der Waals surface area (Å²) in [6.07, 6.45) is 2.22. The fourth-order valence-electron chi connectivity index (χ4n) is 4.20. The minimum absolute atomic E-state index is 0.458. The van der Waals surface area contributed by atoms with Gasteiger partial charge in [0.25, 0.3) is 0 Å². The molecule has 1 heterocycles. The van der Waals surface area contributed by atoms with Crippen molar-refractivity contribution >= 4 is 0 Å². The minimum Gasteiger partial charge on any atom is -0.300 e. The van der Waals surface area contributed by atoms with Crippen molar-refractivity contribution in [3.8, 4) is 0 Å². The molecule has 1 atom stereocenters. The van der Waals surface area contributed by atoms with Gasteiger partial charge in [0.2, 0.25) is 0 Å². The van der Waals surface area contributed by atoms with E-state index in [1.807, 2.05) is 0 Å². The van der Waals surface area contributed by atoms with Crippen LogP contribution >= 0.6 is 0 Å². The Bertz CT molecular complexity index is 809. The highest BCUT2D eigenvalue weighted by Gasteiger charge is 2.25. The van der Waals surface area contributed by atoms with Gasteiger partial charge in [-0.05, 0) is 29.5 Å². The zero-order chi connectivity index (χ0) is 19.0. The van der Waals surface area contributed by atoms with Gasteiger partial charge < -0.3 is 4.90 Å². The Balaban J connectivity index is 1.38. The molecule has 0 aromatic heterocycles. The molecular formula is C26H30N2. The van der Waals surface area contributed by atoms with E-state index in [0.717, 1.165) is 45.6 Å². The van der Waals surface area contributed by atoms with Crippen LogP contribution in [0.4, 0.5) is 0 Å². The van der Waals surface area contributed by atoms with Crippen LogP contribution in [0.2, 0.25) is 0 Å². The van der Waals surface area contributed by atoms with E-state index in [9.17, 15) is 0 Å². The van der Waals surface area contributed by atoms with Crippen molar-refractivity contribution in [3.05, 3.63) is 108 Å². The molecule has 3 aromatic rings. The van der Waals surface area contributed by atoms with Crippen LogP contribution < -0.4 is 0 Å². The molecule has 0 N–H and O–H groups in total. The Kier molecular flexibility index (Phi) is 6.54. The molecule has 0 bridgehead atoms. The van der Waals surface area contributed by atoms with E-state index in [0.29, 0.717) is 6.04 Å². The average molecular weight is 371 g/mol. The summed E-state index contributed by atoms with van der Waals surface area (Å²) in [5, 5.41) is 0. The molecule has 2 nitrogen and oxygen atoms in total. The number of piperazine rings is 1. The number of nitrogens with zero attached hydrogens (tertiary/aromatic N) is 2.